The van der Waals surface area contributed by atoms with Crippen LogP contribution in [0.5, 0.6) is 0 Å². The Morgan fingerprint density at radius 1 is 0.852 bits per heavy atom. The van der Waals surface area contributed by atoms with Crippen molar-refractivity contribution in [2.24, 2.45) is 0 Å². The molecule has 0 atom stereocenters. The molecular weight excluding hydrogens is 402 g/mol. The molecule has 148 valence electrons. The second-order valence-electron chi connectivity index (χ2n) is 10.2. The number of aromatic nitrogens is 1. The molecule has 0 amide bonds. The molecule has 0 aliphatic rings. The smallest absolute Gasteiger partial charge is 0.419 e. The Balaban J connectivity index is 2.67. The summed E-state index contributed by atoms with van der Waals surface area (Å²) in [7, 11) is 0. The highest BCUT2D eigenvalue weighted by molar-refractivity contribution is 9.10. The topological polar surface area (TPSA) is 31.2 Å². The van der Waals surface area contributed by atoms with E-state index in [1.807, 2.05) is 26.8 Å². The molecule has 1 heterocycles. The molecule has 2 rings (SSSR count). The Morgan fingerprint density at radius 3 is 1.74 bits per heavy atom. The average molecular weight is 434 g/mol. The van der Waals surface area contributed by atoms with E-state index >= 15 is 0 Å². The molecule has 0 saturated heterocycles. The third-order valence-corrected chi connectivity index (χ3v) is 4.77. The van der Waals surface area contributed by atoms with Crippen LogP contribution in [-0.2, 0) is 15.6 Å². The summed E-state index contributed by atoms with van der Waals surface area (Å²) in [5.74, 6) is 0. The van der Waals surface area contributed by atoms with E-state index in [1.54, 1.807) is 10.8 Å². The highest BCUT2D eigenvalue weighted by atomic mass is 79.9. The van der Waals surface area contributed by atoms with Gasteiger partial charge in [0.05, 0.1) is 5.69 Å². The van der Waals surface area contributed by atoms with E-state index in [0.717, 1.165) is 15.7 Å². The van der Waals surface area contributed by atoms with Gasteiger partial charge >= 0.3 is 6.09 Å². The maximum atomic E-state index is 12.8. The molecule has 0 unspecified atom stereocenters. The van der Waals surface area contributed by atoms with Crippen LogP contribution in [-0.4, -0.2) is 16.3 Å². The monoisotopic (exact) mass is 433 g/mol. The minimum Gasteiger partial charge on any atom is -0.443 e. The molecular formula is C23H32BrNO2. The Bertz CT molecular complexity index is 810. The number of halogens is 1. The van der Waals surface area contributed by atoms with Crippen molar-refractivity contribution >= 4 is 22.0 Å². The number of ether oxygens (including phenoxy) is 1. The first kappa shape index (κ1) is 21.7. The van der Waals surface area contributed by atoms with Crippen molar-refractivity contribution in [3.63, 3.8) is 0 Å². The summed E-state index contributed by atoms with van der Waals surface area (Å²) in [6.07, 6.45) is 1.39. The lowest BCUT2D eigenvalue weighted by molar-refractivity contribution is 0.0540. The minimum atomic E-state index is -0.547. The molecule has 0 radical (unpaired) electrons. The van der Waals surface area contributed by atoms with E-state index in [9.17, 15) is 4.79 Å². The lowest BCUT2D eigenvalue weighted by Gasteiger charge is -2.26. The van der Waals surface area contributed by atoms with Crippen LogP contribution < -0.4 is 0 Å². The molecule has 3 nitrogen and oxygen atoms in total. The fraction of sp³-hybridized carbons (Fsp3) is 0.522. The third kappa shape index (κ3) is 5.47. The zero-order valence-electron chi connectivity index (χ0n) is 18.0. The van der Waals surface area contributed by atoms with Gasteiger partial charge in [-0.3, -0.25) is 4.57 Å². The van der Waals surface area contributed by atoms with E-state index in [2.05, 4.69) is 75.7 Å². The first-order valence-electron chi connectivity index (χ1n) is 9.35. The van der Waals surface area contributed by atoms with Gasteiger partial charge in [-0.05, 0) is 82.4 Å². The van der Waals surface area contributed by atoms with E-state index in [1.165, 1.54) is 11.1 Å². The van der Waals surface area contributed by atoms with Crippen LogP contribution in [0.3, 0.4) is 0 Å². The van der Waals surface area contributed by atoms with Gasteiger partial charge in [0, 0.05) is 10.7 Å². The van der Waals surface area contributed by atoms with Crippen molar-refractivity contribution in [3.8, 4) is 11.3 Å². The molecule has 0 saturated carbocycles. The van der Waals surface area contributed by atoms with Gasteiger partial charge in [0.25, 0.3) is 0 Å². The number of hydrogen-bond acceptors (Lipinski definition) is 2. The maximum Gasteiger partial charge on any atom is 0.419 e. The molecule has 0 bridgehead atoms. The van der Waals surface area contributed by atoms with Crippen molar-refractivity contribution in [2.75, 3.05) is 0 Å². The molecule has 1 aromatic heterocycles. The largest absolute Gasteiger partial charge is 0.443 e. The van der Waals surface area contributed by atoms with Gasteiger partial charge in [0.1, 0.15) is 5.60 Å². The number of nitrogens with zero attached hydrogens (tertiary/aromatic N) is 1. The summed E-state index contributed by atoms with van der Waals surface area (Å²) in [5, 5.41) is 0. The Morgan fingerprint density at radius 2 is 1.33 bits per heavy atom. The first-order chi connectivity index (χ1) is 12.1. The quantitative estimate of drug-likeness (QED) is 0.472. The van der Waals surface area contributed by atoms with E-state index in [4.69, 9.17) is 4.74 Å². The fourth-order valence-corrected chi connectivity index (χ4v) is 3.18. The number of rotatable bonds is 1. The third-order valence-electron chi connectivity index (χ3n) is 4.34. The highest BCUT2D eigenvalue weighted by Crippen LogP contribution is 2.35. The van der Waals surface area contributed by atoms with Gasteiger partial charge in [-0.1, -0.05) is 47.6 Å². The predicted octanol–water partition coefficient (Wildman–Crippen LogP) is 7.30. The molecule has 0 N–H and O–H groups in total. The van der Waals surface area contributed by atoms with Gasteiger partial charge in [-0.2, -0.15) is 0 Å². The molecule has 0 aliphatic carbocycles. The zero-order valence-corrected chi connectivity index (χ0v) is 19.6. The first-order valence-corrected chi connectivity index (χ1v) is 10.1. The van der Waals surface area contributed by atoms with Crippen molar-refractivity contribution in [1.82, 2.24) is 4.57 Å². The number of carbonyl (C=O) groups excluding carboxylic acids is 1. The lowest BCUT2D eigenvalue weighted by atomic mass is 9.79. The Labute approximate surface area is 172 Å². The van der Waals surface area contributed by atoms with Crippen LogP contribution >= 0.6 is 15.9 Å². The minimum absolute atomic E-state index is 0.0105. The number of carbonyl (C=O) groups is 1. The molecule has 0 aliphatic heterocycles. The standard InChI is InChI=1S/C23H32BrNO2/c1-21(2,3)16-10-15(11-17(12-16)22(4,5)6)19-13-18(24)14-25(19)20(26)27-23(7,8)9/h10-14H,1-9H3. The fourth-order valence-electron chi connectivity index (χ4n) is 2.76. The van der Waals surface area contributed by atoms with Crippen LogP contribution in [0.25, 0.3) is 11.3 Å². The normalized spacial score (nSPS) is 13.0. The van der Waals surface area contributed by atoms with Crippen LogP contribution in [0, 0.1) is 0 Å². The summed E-state index contributed by atoms with van der Waals surface area (Å²) >= 11 is 3.52. The van der Waals surface area contributed by atoms with Crippen molar-refractivity contribution < 1.29 is 9.53 Å². The highest BCUT2D eigenvalue weighted by Gasteiger charge is 2.24. The molecule has 4 heteroatoms. The average Bonchev–Trinajstić information content (AvgIpc) is 2.85. The van der Waals surface area contributed by atoms with Crippen molar-refractivity contribution in [1.29, 1.82) is 0 Å². The van der Waals surface area contributed by atoms with E-state index in [0.29, 0.717) is 0 Å². The Hall–Kier alpha value is -1.55. The molecule has 1 aromatic carbocycles. The molecule has 0 fully saturated rings. The lowest BCUT2D eigenvalue weighted by Crippen LogP contribution is -2.27. The molecule has 2 aromatic rings. The van der Waals surface area contributed by atoms with Gasteiger partial charge in [0.15, 0.2) is 0 Å². The van der Waals surface area contributed by atoms with Crippen LogP contribution in [0.1, 0.15) is 73.4 Å². The second kappa shape index (κ2) is 7.12. The molecule has 27 heavy (non-hydrogen) atoms. The van der Waals surface area contributed by atoms with Crippen molar-refractivity contribution in [2.45, 2.75) is 78.7 Å². The van der Waals surface area contributed by atoms with Crippen molar-refractivity contribution in [3.05, 3.63) is 46.1 Å². The van der Waals surface area contributed by atoms with Gasteiger partial charge in [-0.15, -0.1) is 0 Å². The van der Waals surface area contributed by atoms with Gasteiger partial charge in [-0.25, -0.2) is 4.79 Å². The number of hydrogen-bond donors (Lipinski definition) is 0. The predicted molar refractivity (Wildman–Crippen MR) is 117 cm³/mol. The SMILES string of the molecule is CC(C)(C)OC(=O)n1cc(Br)cc1-c1cc(C(C)(C)C)cc(C(C)(C)C)c1. The van der Waals surface area contributed by atoms with Gasteiger partial charge < -0.3 is 4.74 Å². The van der Waals surface area contributed by atoms with Crippen LogP contribution in [0.15, 0.2) is 34.9 Å². The van der Waals surface area contributed by atoms with E-state index in [-0.39, 0.29) is 16.9 Å². The van der Waals surface area contributed by atoms with Crippen LogP contribution in [0.2, 0.25) is 0 Å². The number of benzene rings is 1. The second-order valence-corrected chi connectivity index (χ2v) is 11.1. The zero-order chi connectivity index (χ0) is 20.8. The summed E-state index contributed by atoms with van der Waals surface area (Å²) in [6.45, 7) is 18.9. The summed E-state index contributed by atoms with van der Waals surface area (Å²) in [6, 6.07) is 8.60. The maximum absolute atomic E-state index is 12.8. The summed E-state index contributed by atoms with van der Waals surface area (Å²) in [4.78, 5) is 12.8. The summed E-state index contributed by atoms with van der Waals surface area (Å²) in [5.41, 5.74) is 3.81. The van der Waals surface area contributed by atoms with E-state index < -0.39 is 5.60 Å². The van der Waals surface area contributed by atoms with Gasteiger partial charge in [0.2, 0.25) is 0 Å². The molecule has 0 spiro atoms. The Kier molecular flexibility index (Phi) is 5.74. The summed E-state index contributed by atoms with van der Waals surface area (Å²) < 4.78 is 8.03. The van der Waals surface area contributed by atoms with Crippen LogP contribution in [0.4, 0.5) is 4.79 Å².